The Morgan fingerprint density at radius 1 is 1.50 bits per heavy atom. The summed E-state index contributed by atoms with van der Waals surface area (Å²) in [5, 5.41) is 16.9. The van der Waals surface area contributed by atoms with Gasteiger partial charge in [-0.2, -0.15) is 0 Å². The van der Waals surface area contributed by atoms with E-state index in [1.165, 1.54) is 6.92 Å². The van der Waals surface area contributed by atoms with Crippen molar-refractivity contribution in [3.8, 4) is 0 Å². The van der Waals surface area contributed by atoms with E-state index in [4.69, 9.17) is 11.1 Å². The van der Waals surface area contributed by atoms with Gasteiger partial charge < -0.3 is 10.8 Å². The molecule has 5 nitrogen and oxygen atoms in total. The lowest BCUT2D eigenvalue weighted by atomic mass is 9.94. The van der Waals surface area contributed by atoms with Crippen molar-refractivity contribution in [2.45, 2.75) is 24.2 Å². The third kappa shape index (κ3) is 2.04. The summed E-state index contributed by atoms with van der Waals surface area (Å²) in [5.41, 5.74) is 3.88. The summed E-state index contributed by atoms with van der Waals surface area (Å²) in [6.07, 6.45) is 0. The second-order valence-corrected chi connectivity index (χ2v) is 7.61. The molecule has 0 aromatic rings. The maximum absolute atomic E-state index is 11.4. The second-order valence-electron chi connectivity index (χ2n) is 4.00. The second kappa shape index (κ2) is 3.11. The van der Waals surface area contributed by atoms with E-state index in [0.717, 1.165) is 11.8 Å². The SMILES string of the molecule is C[C@@]1(SC(=N)N)CS(=O)(=O)C[C@@]1(C)O. The standard InChI is InChI=1S/C7H14N2O3S2/c1-6(10)3-14(11,12)4-7(6,2)13-5(8)9/h10H,3-4H2,1-2H3,(H3,8,9)/t6-,7-/m1/s1. The number of thioether (sulfide) groups is 1. The first-order valence-electron chi connectivity index (χ1n) is 4.04. The van der Waals surface area contributed by atoms with Gasteiger partial charge in [-0.25, -0.2) is 8.42 Å². The van der Waals surface area contributed by atoms with Crippen molar-refractivity contribution in [3.05, 3.63) is 0 Å². The highest BCUT2D eigenvalue weighted by Crippen LogP contribution is 2.43. The Kier molecular flexibility index (Phi) is 2.62. The van der Waals surface area contributed by atoms with Gasteiger partial charge >= 0.3 is 0 Å². The fourth-order valence-electron chi connectivity index (χ4n) is 1.59. The van der Waals surface area contributed by atoms with Crippen LogP contribution >= 0.6 is 11.8 Å². The number of aliphatic hydroxyl groups is 1. The maximum atomic E-state index is 11.4. The van der Waals surface area contributed by atoms with Gasteiger partial charge in [-0.05, 0) is 13.8 Å². The number of nitrogens with one attached hydrogen (secondary N) is 1. The Bertz CT molecular complexity index is 363. The quantitative estimate of drug-likeness (QED) is 0.424. The molecule has 0 radical (unpaired) electrons. The van der Waals surface area contributed by atoms with Crippen LogP contribution in [0.15, 0.2) is 0 Å². The Labute approximate surface area is 87.5 Å². The number of hydrogen-bond donors (Lipinski definition) is 3. The van der Waals surface area contributed by atoms with Gasteiger partial charge in [0.25, 0.3) is 0 Å². The molecule has 2 atom stereocenters. The smallest absolute Gasteiger partial charge is 0.154 e. The molecule has 0 aromatic heterocycles. The van der Waals surface area contributed by atoms with Crippen LogP contribution in [0.3, 0.4) is 0 Å². The monoisotopic (exact) mass is 238 g/mol. The van der Waals surface area contributed by atoms with Crippen molar-refractivity contribution in [2.24, 2.45) is 5.73 Å². The molecule has 7 heteroatoms. The van der Waals surface area contributed by atoms with Crippen molar-refractivity contribution in [1.29, 1.82) is 5.41 Å². The van der Waals surface area contributed by atoms with Crippen molar-refractivity contribution >= 4 is 26.8 Å². The van der Waals surface area contributed by atoms with Crippen molar-refractivity contribution in [2.75, 3.05) is 11.5 Å². The number of amidine groups is 1. The maximum Gasteiger partial charge on any atom is 0.154 e. The van der Waals surface area contributed by atoms with E-state index in [9.17, 15) is 13.5 Å². The van der Waals surface area contributed by atoms with Crippen molar-refractivity contribution < 1.29 is 13.5 Å². The van der Waals surface area contributed by atoms with E-state index in [-0.39, 0.29) is 16.7 Å². The summed E-state index contributed by atoms with van der Waals surface area (Å²) >= 11 is 0.906. The molecule has 1 fully saturated rings. The van der Waals surface area contributed by atoms with Gasteiger partial charge in [0.05, 0.1) is 21.9 Å². The molecule has 0 unspecified atom stereocenters. The molecule has 1 rings (SSSR count). The first kappa shape index (κ1) is 11.8. The van der Waals surface area contributed by atoms with Gasteiger partial charge in [0, 0.05) is 0 Å². The van der Waals surface area contributed by atoms with E-state index in [1.54, 1.807) is 6.92 Å². The van der Waals surface area contributed by atoms with Gasteiger partial charge in [-0.15, -0.1) is 0 Å². The summed E-state index contributed by atoms with van der Waals surface area (Å²) in [5.74, 6) is -0.409. The molecule has 0 amide bonds. The zero-order chi connectivity index (χ0) is 11.2. The Balaban J connectivity index is 3.05. The molecule has 0 aromatic carbocycles. The number of sulfone groups is 1. The van der Waals surface area contributed by atoms with E-state index in [2.05, 4.69) is 0 Å². The van der Waals surface area contributed by atoms with E-state index in [1.807, 2.05) is 0 Å². The lowest BCUT2D eigenvalue weighted by Gasteiger charge is -2.33. The molecule has 0 bridgehead atoms. The highest BCUT2D eigenvalue weighted by Gasteiger charge is 2.55. The van der Waals surface area contributed by atoms with Crippen LogP contribution in [-0.4, -0.2) is 40.5 Å². The molecule has 0 aliphatic carbocycles. The topological polar surface area (TPSA) is 104 Å². The van der Waals surface area contributed by atoms with Crippen LogP contribution in [0.25, 0.3) is 0 Å². The minimum Gasteiger partial charge on any atom is -0.388 e. The Morgan fingerprint density at radius 3 is 2.29 bits per heavy atom. The number of hydrogen-bond acceptors (Lipinski definition) is 5. The third-order valence-electron chi connectivity index (χ3n) is 2.47. The first-order chi connectivity index (χ1) is 6.08. The summed E-state index contributed by atoms with van der Waals surface area (Å²) in [6.45, 7) is 3.08. The van der Waals surface area contributed by atoms with Gasteiger partial charge in [-0.3, -0.25) is 5.41 Å². The Hall–Kier alpha value is -0.270. The fraction of sp³-hybridized carbons (Fsp3) is 0.857. The van der Waals surface area contributed by atoms with E-state index < -0.39 is 20.2 Å². The van der Waals surface area contributed by atoms with Crippen LogP contribution in [0.1, 0.15) is 13.8 Å². The first-order valence-corrected chi connectivity index (χ1v) is 6.68. The number of nitrogens with two attached hydrogens (primary N) is 1. The zero-order valence-corrected chi connectivity index (χ0v) is 9.70. The summed E-state index contributed by atoms with van der Waals surface area (Å²) < 4.78 is 21.8. The van der Waals surface area contributed by atoms with Gasteiger partial charge in [0.1, 0.15) is 0 Å². The minimum atomic E-state index is -3.23. The van der Waals surface area contributed by atoms with Gasteiger partial charge in [0.2, 0.25) is 0 Å². The minimum absolute atomic E-state index is 0.142. The predicted octanol–water partition coefficient (Wildman–Crippen LogP) is -0.449. The van der Waals surface area contributed by atoms with Crippen LogP contribution in [0, 0.1) is 5.41 Å². The molecule has 1 aliphatic rings. The molecule has 4 N–H and O–H groups in total. The molecule has 14 heavy (non-hydrogen) atoms. The highest BCUT2D eigenvalue weighted by atomic mass is 32.2. The van der Waals surface area contributed by atoms with Crippen LogP contribution < -0.4 is 5.73 Å². The lowest BCUT2D eigenvalue weighted by molar-refractivity contribution is 0.0628. The van der Waals surface area contributed by atoms with Crippen LogP contribution in [-0.2, 0) is 9.84 Å². The number of rotatable bonds is 1. The average molecular weight is 238 g/mol. The molecular weight excluding hydrogens is 224 g/mol. The highest BCUT2D eigenvalue weighted by molar-refractivity contribution is 8.15. The van der Waals surface area contributed by atoms with Gasteiger partial charge in [0.15, 0.2) is 15.0 Å². The summed E-state index contributed by atoms with van der Waals surface area (Å²) in [7, 11) is -3.23. The summed E-state index contributed by atoms with van der Waals surface area (Å²) in [6, 6.07) is 0. The Morgan fingerprint density at radius 2 is 2.00 bits per heavy atom. The normalized spacial score (nSPS) is 41.1. The molecule has 1 saturated heterocycles. The molecular formula is C7H14N2O3S2. The zero-order valence-electron chi connectivity index (χ0n) is 8.07. The molecule has 1 aliphatic heterocycles. The van der Waals surface area contributed by atoms with Crippen LogP contribution in [0.2, 0.25) is 0 Å². The van der Waals surface area contributed by atoms with Crippen LogP contribution in [0.5, 0.6) is 0 Å². The van der Waals surface area contributed by atoms with Crippen LogP contribution in [0.4, 0.5) is 0 Å². The van der Waals surface area contributed by atoms with Crippen molar-refractivity contribution in [3.63, 3.8) is 0 Å². The lowest BCUT2D eigenvalue weighted by Crippen LogP contribution is -2.47. The van der Waals surface area contributed by atoms with Crippen molar-refractivity contribution in [1.82, 2.24) is 0 Å². The average Bonchev–Trinajstić information content (AvgIpc) is 1.91. The molecule has 0 saturated carbocycles. The largest absolute Gasteiger partial charge is 0.388 e. The van der Waals surface area contributed by atoms with Gasteiger partial charge in [-0.1, -0.05) is 11.8 Å². The molecule has 1 heterocycles. The van der Waals surface area contributed by atoms with E-state index in [0.29, 0.717) is 0 Å². The third-order valence-corrected chi connectivity index (χ3v) is 5.93. The summed E-state index contributed by atoms with van der Waals surface area (Å²) in [4.78, 5) is 0. The van der Waals surface area contributed by atoms with E-state index >= 15 is 0 Å². The molecule has 82 valence electrons. The molecule has 0 spiro atoms. The predicted molar refractivity (Wildman–Crippen MR) is 57.2 cm³/mol. The fourth-order valence-corrected chi connectivity index (χ4v) is 5.66.